The Kier molecular flexibility index (Phi) is 4.97. The highest BCUT2D eigenvalue weighted by atomic mass is 32.2. The highest BCUT2D eigenvalue weighted by molar-refractivity contribution is 7.91. The summed E-state index contributed by atoms with van der Waals surface area (Å²) in [5.74, 6) is 1.87. The van der Waals surface area contributed by atoms with Crippen molar-refractivity contribution in [3.63, 3.8) is 0 Å². The largest absolute Gasteiger partial charge is 0.327 e. The fourth-order valence-electron chi connectivity index (χ4n) is 3.86. The molecule has 25 heavy (non-hydrogen) atoms. The number of aromatic nitrogens is 2. The van der Waals surface area contributed by atoms with Gasteiger partial charge in [-0.2, -0.15) is 0 Å². The molecule has 138 valence electrons. The van der Waals surface area contributed by atoms with E-state index in [1.54, 1.807) is 19.1 Å². The van der Waals surface area contributed by atoms with Gasteiger partial charge in [0.05, 0.1) is 21.7 Å². The molecule has 2 aromatic rings. The molecule has 1 aliphatic carbocycles. The first kappa shape index (κ1) is 18.4. The minimum Gasteiger partial charge on any atom is -0.327 e. The molecule has 0 atom stereocenters. The third kappa shape index (κ3) is 3.76. The van der Waals surface area contributed by atoms with E-state index in [1.807, 2.05) is 6.07 Å². The predicted molar refractivity (Wildman–Crippen MR) is 103 cm³/mol. The lowest BCUT2D eigenvalue weighted by atomic mass is 9.88. The predicted octanol–water partition coefficient (Wildman–Crippen LogP) is 4.71. The molecule has 1 fully saturated rings. The zero-order valence-electron chi connectivity index (χ0n) is 15.9. The summed E-state index contributed by atoms with van der Waals surface area (Å²) < 4.78 is 26.8. The molecule has 5 heteroatoms. The van der Waals surface area contributed by atoms with Crippen molar-refractivity contribution in [3.05, 3.63) is 24.0 Å². The van der Waals surface area contributed by atoms with Gasteiger partial charge in [0.2, 0.25) is 0 Å². The Morgan fingerprint density at radius 1 is 1.16 bits per heavy atom. The van der Waals surface area contributed by atoms with Crippen LogP contribution in [-0.2, 0) is 21.8 Å². The van der Waals surface area contributed by atoms with Gasteiger partial charge in [-0.15, -0.1) is 0 Å². The number of fused-ring (bicyclic) bond motifs is 1. The summed E-state index contributed by atoms with van der Waals surface area (Å²) in [6.45, 7) is 9.20. The summed E-state index contributed by atoms with van der Waals surface area (Å²) >= 11 is 0. The fourth-order valence-corrected chi connectivity index (χ4v) is 4.75. The maximum absolute atomic E-state index is 12.2. The van der Waals surface area contributed by atoms with E-state index in [4.69, 9.17) is 4.98 Å². The molecule has 0 amide bonds. The minimum absolute atomic E-state index is 0.0719. The SMILES string of the molecule is CCS(=O)(=O)c1ccc2c(c1)nc(C(C)(C)C)n2CC1CCCCC1. The Morgan fingerprint density at radius 3 is 2.44 bits per heavy atom. The monoisotopic (exact) mass is 362 g/mol. The Bertz CT molecular complexity index is 854. The molecule has 0 aliphatic heterocycles. The second-order valence-corrected chi connectivity index (χ2v) is 10.6. The zero-order valence-corrected chi connectivity index (χ0v) is 16.7. The van der Waals surface area contributed by atoms with Crippen LogP contribution in [0.5, 0.6) is 0 Å². The molecule has 1 aliphatic rings. The van der Waals surface area contributed by atoms with Crippen LogP contribution in [0, 0.1) is 5.92 Å². The van der Waals surface area contributed by atoms with Gasteiger partial charge in [0.15, 0.2) is 9.84 Å². The van der Waals surface area contributed by atoms with Crippen LogP contribution in [0.4, 0.5) is 0 Å². The maximum Gasteiger partial charge on any atom is 0.178 e. The molecule has 1 aromatic carbocycles. The lowest BCUT2D eigenvalue weighted by molar-refractivity contribution is 0.313. The Hall–Kier alpha value is -1.36. The van der Waals surface area contributed by atoms with Crippen LogP contribution in [0.2, 0.25) is 0 Å². The van der Waals surface area contributed by atoms with E-state index in [1.165, 1.54) is 32.1 Å². The van der Waals surface area contributed by atoms with E-state index in [0.29, 0.717) is 10.8 Å². The summed E-state index contributed by atoms with van der Waals surface area (Å²) in [7, 11) is -3.21. The van der Waals surface area contributed by atoms with E-state index in [9.17, 15) is 8.42 Å². The summed E-state index contributed by atoms with van der Waals surface area (Å²) in [5.41, 5.74) is 1.79. The number of hydrogen-bond acceptors (Lipinski definition) is 3. The van der Waals surface area contributed by atoms with Crippen LogP contribution in [0.25, 0.3) is 11.0 Å². The van der Waals surface area contributed by atoms with Crippen LogP contribution in [-0.4, -0.2) is 23.7 Å². The lowest BCUT2D eigenvalue weighted by Gasteiger charge is -2.26. The molecule has 3 rings (SSSR count). The van der Waals surface area contributed by atoms with Gasteiger partial charge in [-0.1, -0.05) is 47.0 Å². The number of imidazole rings is 1. The molecule has 1 aromatic heterocycles. The summed E-state index contributed by atoms with van der Waals surface area (Å²) in [4.78, 5) is 5.24. The highest BCUT2D eigenvalue weighted by Crippen LogP contribution is 2.32. The van der Waals surface area contributed by atoms with Gasteiger partial charge in [-0.05, 0) is 37.0 Å². The number of sulfone groups is 1. The van der Waals surface area contributed by atoms with Gasteiger partial charge >= 0.3 is 0 Å². The third-order valence-electron chi connectivity index (χ3n) is 5.30. The molecule has 0 unspecified atom stereocenters. The number of benzene rings is 1. The molecule has 0 saturated heterocycles. The van der Waals surface area contributed by atoms with E-state index in [0.717, 1.165) is 23.4 Å². The van der Waals surface area contributed by atoms with Crippen molar-refractivity contribution in [2.45, 2.75) is 76.7 Å². The van der Waals surface area contributed by atoms with Crippen LogP contribution < -0.4 is 0 Å². The Morgan fingerprint density at radius 2 is 1.84 bits per heavy atom. The van der Waals surface area contributed by atoms with Gasteiger partial charge in [0.1, 0.15) is 5.82 Å². The van der Waals surface area contributed by atoms with Crippen molar-refractivity contribution < 1.29 is 8.42 Å². The molecular formula is C20H30N2O2S. The lowest BCUT2D eigenvalue weighted by Crippen LogP contribution is -2.22. The maximum atomic E-state index is 12.2. The molecule has 4 nitrogen and oxygen atoms in total. The van der Waals surface area contributed by atoms with Crippen LogP contribution in [0.3, 0.4) is 0 Å². The quantitative estimate of drug-likeness (QED) is 0.791. The molecule has 0 radical (unpaired) electrons. The van der Waals surface area contributed by atoms with Crippen molar-refractivity contribution in [2.75, 3.05) is 5.75 Å². The van der Waals surface area contributed by atoms with E-state index in [-0.39, 0.29) is 11.2 Å². The van der Waals surface area contributed by atoms with E-state index >= 15 is 0 Å². The molecule has 1 heterocycles. The van der Waals surface area contributed by atoms with Crippen molar-refractivity contribution >= 4 is 20.9 Å². The second-order valence-electron chi connectivity index (χ2n) is 8.35. The summed E-state index contributed by atoms with van der Waals surface area (Å²) in [5, 5.41) is 0. The highest BCUT2D eigenvalue weighted by Gasteiger charge is 2.26. The number of hydrogen-bond donors (Lipinski definition) is 0. The van der Waals surface area contributed by atoms with Gasteiger partial charge < -0.3 is 4.57 Å². The standard InChI is InChI=1S/C20H30N2O2S/c1-5-25(23,24)16-11-12-18-17(13-16)21-19(20(2,3)4)22(18)14-15-9-7-6-8-10-15/h11-13,15H,5-10,14H2,1-4H3. The first-order valence-electron chi connectivity index (χ1n) is 9.46. The van der Waals surface area contributed by atoms with E-state index < -0.39 is 9.84 Å². The summed E-state index contributed by atoms with van der Waals surface area (Å²) in [6.07, 6.45) is 6.56. The average Bonchev–Trinajstić information content (AvgIpc) is 2.94. The summed E-state index contributed by atoms with van der Waals surface area (Å²) in [6, 6.07) is 5.44. The van der Waals surface area contributed by atoms with Crippen molar-refractivity contribution in [1.29, 1.82) is 0 Å². The first-order valence-corrected chi connectivity index (χ1v) is 11.1. The Balaban J connectivity index is 2.09. The van der Waals surface area contributed by atoms with Crippen LogP contribution in [0.15, 0.2) is 23.1 Å². The normalized spacial score (nSPS) is 17.3. The topological polar surface area (TPSA) is 52.0 Å². The molecular weight excluding hydrogens is 332 g/mol. The van der Waals surface area contributed by atoms with E-state index in [2.05, 4.69) is 25.3 Å². The van der Waals surface area contributed by atoms with Gasteiger partial charge in [-0.3, -0.25) is 0 Å². The second kappa shape index (κ2) is 6.75. The Labute approximate surface area is 151 Å². The average molecular weight is 363 g/mol. The number of rotatable bonds is 4. The fraction of sp³-hybridized carbons (Fsp3) is 0.650. The van der Waals surface area contributed by atoms with Crippen LogP contribution in [0.1, 0.15) is 65.6 Å². The third-order valence-corrected chi connectivity index (χ3v) is 7.03. The van der Waals surface area contributed by atoms with Crippen molar-refractivity contribution in [2.24, 2.45) is 5.92 Å². The van der Waals surface area contributed by atoms with Gasteiger partial charge in [0.25, 0.3) is 0 Å². The zero-order chi connectivity index (χ0) is 18.2. The van der Waals surface area contributed by atoms with Crippen molar-refractivity contribution in [3.8, 4) is 0 Å². The van der Waals surface area contributed by atoms with Gasteiger partial charge in [0, 0.05) is 12.0 Å². The minimum atomic E-state index is -3.21. The smallest absolute Gasteiger partial charge is 0.178 e. The van der Waals surface area contributed by atoms with Crippen molar-refractivity contribution in [1.82, 2.24) is 9.55 Å². The van der Waals surface area contributed by atoms with Gasteiger partial charge in [-0.25, -0.2) is 13.4 Å². The molecule has 0 bridgehead atoms. The molecule has 0 N–H and O–H groups in total. The van der Waals surface area contributed by atoms with Crippen LogP contribution >= 0.6 is 0 Å². The molecule has 1 saturated carbocycles. The number of nitrogens with zero attached hydrogens (tertiary/aromatic N) is 2. The first-order chi connectivity index (χ1) is 11.7. The molecule has 0 spiro atoms.